The molecule has 5 heteroatoms. The second-order valence-corrected chi connectivity index (χ2v) is 5.87. The summed E-state index contributed by atoms with van der Waals surface area (Å²) >= 11 is 0. The van der Waals surface area contributed by atoms with Crippen LogP contribution in [0.15, 0.2) is 0 Å². The number of fused-ring (bicyclic) bond motifs is 1. The fraction of sp³-hybridized carbons (Fsp3) is 0.733. The summed E-state index contributed by atoms with van der Waals surface area (Å²) in [5.41, 5.74) is 3.62. The topological polar surface area (TPSA) is 58.4 Å². The van der Waals surface area contributed by atoms with Crippen molar-refractivity contribution in [1.29, 1.82) is 0 Å². The van der Waals surface area contributed by atoms with Crippen molar-refractivity contribution < 1.29 is 9.90 Å². The smallest absolute Gasteiger partial charge is 0.303 e. The first-order valence-corrected chi connectivity index (χ1v) is 7.47. The van der Waals surface area contributed by atoms with Gasteiger partial charge in [-0.05, 0) is 45.7 Å². The van der Waals surface area contributed by atoms with Crippen molar-refractivity contribution in [2.75, 3.05) is 20.6 Å². The molecule has 1 atom stereocenters. The lowest BCUT2D eigenvalue weighted by molar-refractivity contribution is -0.137. The molecule has 0 amide bonds. The van der Waals surface area contributed by atoms with Gasteiger partial charge < -0.3 is 10.0 Å². The largest absolute Gasteiger partial charge is 0.481 e. The average molecular weight is 279 g/mol. The minimum atomic E-state index is -0.703. The number of aryl methyl sites for hydroxylation is 1. The molecule has 1 aliphatic rings. The first-order chi connectivity index (χ1) is 9.52. The Balaban J connectivity index is 2.29. The molecule has 0 spiro atoms. The monoisotopic (exact) mass is 279 g/mol. The lowest BCUT2D eigenvalue weighted by Gasteiger charge is -2.23. The first-order valence-electron chi connectivity index (χ1n) is 7.47. The van der Waals surface area contributed by atoms with Crippen LogP contribution in [0.4, 0.5) is 0 Å². The molecule has 112 valence electrons. The Bertz CT molecular complexity index is 480. The second kappa shape index (κ2) is 6.39. The van der Waals surface area contributed by atoms with Gasteiger partial charge in [-0.25, -0.2) is 0 Å². The second-order valence-electron chi connectivity index (χ2n) is 5.87. The van der Waals surface area contributed by atoms with Gasteiger partial charge in [-0.15, -0.1) is 0 Å². The molecule has 0 bridgehead atoms. The lowest BCUT2D eigenvalue weighted by atomic mass is 9.82. The minimum Gasteiger partial charge on any atom is -0.481 e. The molecule has 1 aromatic rings. The van der Waals surface area contributed by atoms with Gasteiger partial charge in [0.05, 0.1) is 18.7 Å². The number of rotatable bonds is 6. The van der Waals surface area contributed by atoms with E-state index in [2.05, 4.69) is 30.6 Å². The Morgan fingerprint density at radius 3 is 2.85 bits per heavy atom. The number of carbonyl (C=O) groups is 1. The molecule has 1 heterocycles. The van der Waals surface area contributed by atoms with Crippen molar-refractivity contribution in [3.8, 4) is 0 Å². The summed E-state index contributed by atoms with van der Waals surface area (Å²) in [7, 11) is 4.12. The third-order valence-corrected chi connectivity index (χ3v) is 4.06. The van der Waals surface area contributed by atoms with Crippen LogP contribution in [0, 0.1) is 0 Å². The highest BCUT2D eigenvalue weighted by atomic mass is 16.4. The molecular formula is C15H25N3O2. The lowest BCUT2D eigenvalue weighted by Crippen LogP contribution is -2.21. The normalized spacial score (nSPS) is 18.3. The van der Waals surface area contributed by atoms with Crippen molar-refractivity contribution in [3.63, 3.8) is 0 Å². The quantitative estimate of drug-likeness (QED) is 0.864. The standard InChI is InChI=1S/C15H25N3O2/c1-4-12-15-11(10-14(19)20)6-5-7-13(15)18(16-12)9-8-17(2)3/h11H,4-10H2,1-3H3,(H,19,20). The third kappa shape index (κ3) is 3.20. The van der Waals surface area contributed by atoms with Crippen LogP contribution in [0.5, 0.6) is 0 Å². The van der Waals surface area contributed by atoms with Gasteiger partial charge in [-0.3, -0.25) is 9.48 Å². The van der Waals surface area contributed by atoms with Crippen molar-refractivity contribution >= 4 is 5.97 Å². The zero-order chi connectivity index (χ0) is 14.7. The van der Waals surface area contributed by atoms with E-state index in [0.29, 0.717) is 0 Å². The average Bonchev–Trinajstić information content (AvgIpc) is 2.75. The molecule has 0 saturated heterocycles. The van der Waals surface area contributed by atoms with E-state index >= 15 is 0 Å². The Hall–Kier alpha value is -1.36. The van der Waals surface area contributed by atoms with E-state index in [-0.39, 0.29) is 12.3 Å². The SMILES string of the molecule is CCc1nn(CCN(C)C)c2c1C(CC(=O)O)CCC2. The van der Waals surface area contributed by atoms with Gasteiger partial charge in [0.2, 0.25) is 0 Å². The predicted molar refractivity (Wildman–Crippen MR) is 78.1 cm³/mol. The summed E-state index contributed by atoms with van der Waals surface area (Å²) in [5, 5.41) is 13.8. The molecular weight excluding hydrogens is 254 g/mol. The fourth-order valence-electron chi connectivity index (χ4n) is 3.12. The van der Waals surface area contributed by atoms with Crippen LogP contribution >= 0.6 is 0 Å². The van der Waals surface area contributed by atoms with Gasteiger partial charge in [0.1, 0.15) is 0 Å². The van der Waals surface area contributed by atoms with E-state index < -0.39 is 5.97 Å². The molecule has 0 aromatic carbocycles. The van der Waals surface area contributed by atoms with Gasteiger partial charge in [-0.1, -0.05) is 6.92 Å². The molecule has 0 aliphatic heterocycles. The first kappa shape index (κ1) is 15.0. The maximum atomic E-state index is 11.1. The molecule has 1 unspecified atom stereocenters. The van der Waals surface area contributed by atoms with Crippen LogP contribution in [0.3, 0.4) is 0 Å². The zero-order valence-corrected chi connectivity index (χ0v) is 12.7. The van der Waals surface area contributed by atoms with Crippen LogP contribution < -0.4 is 0 Å². The summed E-state index contributed by atoms with van der Waals surface area (Å²) in [6.07, 6.45) is 4.20. The number of carboxylic acids is 1. The molecule has 0 fully saturated rings. The van der Waals surface area contributed by atoms with Crippen LogP contribution in [0.25, 0.3) is 0 Å². The number of hydrogen-bond donors (Lipinski definition) is 1. The van der Waals surface area contributed by atoms with Gasteiger partial charge in [0.15, 0.2) is 0 Å². The number of carboxylic acid groups (broad SMARTS) is 1. The Morgan fingerprint density at radius 2 is 2.25 bits per heavy atom. The van der Waals surface area contributed by atoms with Gasteiger partial charge >= 0.3 is 5.97 Å². The molecule has 1 aliphatic carbocycles. The van der Waals surface area contributed by atoms with Crippen LogP contribution in [-0.2, 0) is 24.2 Å². The summed E-state index contributed by atoms with van der Waals surface area (Å²) in [6, 6.07) is 0. The van der Waals surface area contributed by atoms with Crippen molar-refractivity contribution in [2.45, 2.75) is 51.5 Å². The van der Waals surface area contributed by atoms with Gasteiger partial charge in [0.25, 0.3) is 0 Å². The van der Waals surface area contributed by atoms with Crippen molar-refractivity contribution in [2.24, 2.45) is 0 Å². The minimum absolute atomic E-state index is 0.152. The molecule has 0 saturated carbocycles. The van der Waals surface area contributed by atoms with E-state index in [1.54, 1.807) is 0 Å². The Kier molecular flexibility index (Phi) is 4.81. The predicted octanol–water partition coefficient (Wildman–Crippen LogP) is 1.90. The van der Waals surface area contributed by atoms with Gasteiger partial charge in [0, 0.05) is 17.8 Å². The summed E-state index contributed by atoms with van der Waals surface area (Å²) < 4.78 is 2.11. The number of likely N-dealkylation sites (N-methyl/N-ethyl adjacent to an activating group) is 1. The van der Waals surface area contributed by atoms with Crippen LogP contribution in [-0.4, -0.2) is 46.4 Å². The number of nitrogens with zero attached hydrogens (tertiary/aromatic N) is 3. The fourth-order valence-corrected chi connectivity index (χ4v) is 3.12. The molecule has 20 heavy (non-hydrogen) atoms. The zero-order valence-electron chi connectivity index (χ0n) is 12.7. The van der Waals surface area contributed by atoms with Gasteiger partial charge in [-0.2, -0.15) is 5.10 Å². The van der Waals surface area contributed by atoms with E-state index in [0.717, 1.165) is 44.5 Å². The maximum Gasteiger partial charge on any atom is 0.303 e. The Labute approximate surface area is 120 Å². The summed E-state index contributed by atoms with van der Waals surface area (Å²) in [5.74, 6) is -0.551. The van der Waals surface area contributed by atoms with E-state index in [9.17, 15) is 4.79 Å². The highest BCUT2D eigenvalue weighted by molar-refractivity contribution is 5.68. The number of hydrogen-bond acceptors (Lipinski definition) is 3. The maximum absolute atomic E-state index is 11.1. The van der Waals surface area contributed by atoms with Crippen LogP contribution in [0.2, 0.25) is 0 Å². The van der Waals surface area contributed by atoms with E-state index in [1.807, 2.05) is 0 Å². The highest BCUT2D eigenvalue weighted by Crippen LogP contribution is 2.36. The summed E-state index contributed by atoms with van der Waals surface area (Å²) in [6.45, 7) is 3.95. The molecule has 1 N–H and O–H groups in total. The Morgan fingerprint density at radius 1 is 1.50 bits per heavy atom. The number of aromatic nitrogens is 2. The van der Waals surface area contributed by atoms with E-state index in [1.165, 1.54) is 11.3 Å². The third-order valence-electron chi connectivity index (χ3n) is 4.06. The molecule has 1 aromatic heterocycles. The molecule has 0 radical (unpaired) electrons. The van der Waals surface area contributed by atoms with Crippen molar-refractivity contribution in [3.05, 3.63) is 17.0 Å². The molecule has 2 rings (SSSR count). The number of aliphatic carboxylic acids is 1. The molecule has 5 nitrogen and oxygen atoms in total. The highest BCUT2D eigenvalue weighted by Gasteiger charge is 2.29. The van der Waals surface area contributed by atoms with E-state index in [4.69, 9.17) is 10.2 Å². The van der Waals surface area contributed by atoms with Crippen molar-refractivity contribution in [1.82, 2.24) is 14.7 Å². The summed E-state index contributed by atoms with van der Waals surface area (Å²) in [4.78, 5) is 13.2. The van der Waals surface area contributed by atoms with Crippen LogP contribution in [0.1, 0.15) is 49.1 Å².